The van der Waals surface area contributed by atoms with Crippen LogP contribution in [-0.4, -0.2) is 43.2 Å². The lowest BCUT2D eigenvalue weighted by atomic mass is 9.66. The molecule has 3 atom stereocenters. The molecule has 6 heteroatoms. The highest BCUT2D eigenvalue weighted by Crippen LogP contribution is 2.47. The third-order valence-electron chi connectivity index (χ3n) is 6.52. The summed E-state index contributed by atoms with van der Waals surface area (Å²) in [5, 5.41) is 11.8. The summed E-state index contributed by atoms with van der Waals surface area (Å²) in [6.45, 7) is 0.453. The Morgan fingerprint density at radius 3 is 2.52 bits per heavy atom. The largest absolute Gasteiger partial charge is 0.385 e. The number of aliphatic hydroxyl groups is 1. The quantitative estimate of drug-likeness (QED) is 0.837. The fraction of sp³-hybridized carbons (Fsp3) is 0.435. The molecule has 1 aliphatic carbocycles. The van der Waals surface area contributed by atoms with Crippen molar-refractivity contribution in [3.8, 4) is 0 Å². The van der Waals surface area contributed by atoms with Crippen LogP contribution in [0.2, 0.25) is 0 Å². The summed E-state index contributed by atoms with van der Waals surface area (Å²) >= 11 is 0. The van der Waals surface area contributed by atoms with Crippen LogP contribution in [0.25, 0.3) is 0 Å². The monoisotopic (exact) mass is 413 g/mol. The molecule has 0 radical (unpaired) electrons. The number of carbonyl (C=O) groups excluding carboxylic acids is 1. The highest BCUT2D eigenvalue weighted by atomic mass is 32.2. The molecule has 1 N–H and O–H groups in total. The molecule has 1 aliphatic heterocycles. The molecule has 0 aromatic heterocycles. The standard InChI is InChI=1S/C23H27NO4S/c1-29(27,28)19-11-7-10-18(16-19)23(26)14-15-24(21-13-6-5-12-20(21)23)22(25)17-8-3-2-4-9-17/h2-4,7-11,16,20-21,26H,5-6,12-15H2,1H3/t20-,21-,23?/m0/s1. The number of nitrogens with zero attached hydrogens (tertiary/aromatic N) is 1. The smallest absolute Gasteiger partial charge is 0.254 e. The van der Waals surface area contributed by atoms with Crippen LogP contribution in [-0.2, 0) is 15.4 Å². The van der Waals surface area contributed by atoms with E-state index in [2.05, 4.69) is 0 Å². The number of carbonyl (C=O) groups is 1. The molecular formula is C23H27NO4S. The summed E-state index contributed by atoms with van der Waals surface area (Å²) in [4.78, 5) is 15.3. The molecule has 2 aromatic rings. The van der Waals surface area contributed by atoms with Gasteiger partial charge in [0.1, 0.15) is 0 Å². The number of piperidine rings is 1. The van der Waals surface area contributed by atoms with Crippen LogP contribution >= 0.6 is 0 Å². The molecule has 2 fully saturated rings. The normalized spacial score (nSPS) is 27.3. The van der Waals surface area contributed by atoms with Gasteiger partial charge in [-0.05, 0) is 49.1 Å². The van der Waals surface area contributed by atoms with Crippen molar-refractivity contribution in [2.45, 2.75) is 48.6 Å². The molecule has 0 bridgehead atoms. The molecular weight excluding hydrogens is 386 g/mol. The van der Waals surface area contributed by atoms with Crippen LogP contribution in [0.3, 0.4) is 0 Å². The van der Waals surface area contributed by atoms with Gasteiger partial charge < -0.3 is 10.0 Å². The highest BCUT2D eigenvalue weighted by Gasteiger charge is 2.50. The Hall–Kier alpha value is -2.18. The Labute approximate surface area is 172 Å². The van der Waals surface area contributed by atoms with E-state index in [1.165, 1.54) is 6.26 Å². The van der Waals surface area contributed by atoms with Crippen molar-refractivity contribution in [2.24, 2.45) is 5.92 Å². The number of hydrogen-bond acceptors (Lipinski definition) is 4. The summed E-state index contributed by atoms with van der Waals surface area (Å²) < 4.78 is 24.0. The zero-order valence-electron chi connectivity index (χ0n) is 16.6. The van der Waals surface area contributed by atoms with Gasteiger partial charge in [-0.1, -0.05) is 43.2 Å². The van der Waals surface area contributed by atoms with Crippen LogP contribution in [0.15, 0.2) is 59.5 Å². The molecule has 1 heterocycles. The molecule has 5 nitrogen and oxygen atoms in total. The molecule has 4 rings (SSSR count). The molecule has 2 aliphatic rings. The molecule has 29 heavy (non-hydrogen) atoms. The minimum atomic E-state index is -3.36. The summed E-state index contributed by atoms with van der Waals surface area (Å²) in [5.74, 6) is -0.0955. The van der Waals surface area contributed by atoms with Crippen molar-refractivity contribution in [1.82, 2.24) is 4.90 Å². The van der Waals surface area contributed by atoms with Gasteiger partial charge in [0.15, 0.2) is 9.84 Å². The van der Waals surface area contributed by atoms with Gasteiger partial charge in [0.25, 0.3) is 5.91 Å². The van der Waals surface area contributed by atoms with Crippen LogP contribution in [0.4, 0.5) is 0 Å². The van der Waals surface area contributed by atoms with E-state index in [-0.39, 0.29) is 22.8 Å². The van der Waals surface area contributed by atoms with Gasteiger partial charge in [0.2, 0.25) is 0 Å². The van der Waals surface area contributed by atoms with Gasteiger partial charge >= 0.3 is 0 Å². The van der Waals surface area contributed by atoms with Crippen molar-refractivity contribution in [1.29, 1.82) is 0 Å². The Balaban J connectivity index is 1.69. The Kier molecular flexibility index (Phi) is 5.25. The van der Waals surface area contributed by atoms with E-state index in [9.17, 15) is 18.3 Å². The first-order valence-electron chi connectivity index (χ1n) is 10.2. The minimum absolute atomic E-state index is 0.00874. The van der Waals surface area contributed by atoms with Gasteiger partial charge in [-0.15, -0.1) is 0 Å². The fourth-order valence-corrected chi connectivity index (χ4v) is 5.70. The second kappa shape index (κ2) is 7.58. The van der Waals surface area contributed by atoms with Crippen LogP contribution in [0.5, 0.6) is 0 Å². The second-order valence-corrected chi connectivity index (χ2v) is 10.3. The van der Waals surface area contributed by atoms with E-state index >= 15 is 0 Å². The predicted molar refractivity (Wildman–Crippen MR) is 111 cm³/mol. The average Bonchev–Trinajstić information content (AvgIpc) is 2.74. The number of likely N-dealkylation sites (tertiary alicyclic amines) is 1. The zero-order chi connectivity index (χ0) is 20.6. The van der Waals surface area contributed by atoms with E-state index < -0.39 is 15.4 Å². The van der Waals surface area contributed by atoms with E-state index in [0.29, 0.717) is 24.1 Å². The Morgan fingerprint density at radius 2 is 1.79 bits per heavy atom. The second-order valence-electron chi connectivity index (χ2n) is 8.30. The van der Waals surface area contributed by atoms with E-state index in [0.717, 1.165) is 25.7 Å². The lowest BCUT2D eigenvalue weighted by Crippen LogP contribution is -2.59. The van der Waals surface area contributed by atoms with Gasteiger partial charge in [-0.2, -0.15) is 0 Å². The van der Waals surface area contributed by atoms with Gasteiger partial charge in [0.05, 0.1) is 10.5 Å². The summed E-state index contributed by atoms with van der Waals surface area (Å²) in [6, 6.07) is 15.9. The van der Waals surface area contributed by atoms with Crippen LogP contribution < -0.4 is 0 Å². The number of rotatable bonds is 3. The predicted octanol–water partition coefficient (Wildman–Crippen LogP) is 3.38. The molecule has 1 saturated carbocycles. The first kappa shape index (κ1) is 20.1. The van der Waals surface area contributed by atoms with Crippen molar-refractivity contribution < 1.29 is 18.3 Å². The van der Waals surface area contributed by atoms with Crippen LogP contribution in [0.1, 0.15) is 48.0 Å². The van der Waals surface area contributed by atoms with Crippen molar-refractivity contribution in [2.75, 3.05) is 12.8 Å². The summed E-state index contributed by atoms with van der Waals surface area (Å²) in [6.07, 6.45) is 5.29. The Morgan fingerprint density at radius 1 is 1.07 bits per heavy atom. The lowest BCUT2D eigenvalue weighted by molar-refractivity contribution is -0.110. The van der Waals surface area contributed by atoms with E-state index in [4.69, 9.17) is 0 Å². The maximum atomic E-state index is 13.2. The summed E-state index contributed by atoms with van der Waals surface area (Å²) in [5.41, 5.74) is 0.185. The number of hydrogen-bond donors (Lipinski definition) is 1. The number of fused-ring (bicyclic) bond motifs is 1. The van der Waals surface area contributed by atoms with E-state index in [1.54, 1.807) is 18.2 Å². The molecule has 1 unspecified atom stereocenters. The van der Waals surface area contributed by atoms with Gasteiger partial charge in [-0.3, -0.25) is 4.79 Å². The third kappa shape index (κ3) is 3.71. The van der Waals surface area contributed by atoms with Crippen molar-refractivity contribution in [3.63, 3.8) is 0 Å². The fourth-order valence-electron chi connectivity index (χ4n) is 5.04. The first-order chi connectivity index (χ1) is 13.8. The highest BCUT2D eigenvalue weighted by molar-refractivity contribution is 7.90. The molecule has 1 saturated heterocycles. The molecule has 0 spiro atoms. The lowest BCUT2D eigenvalue weighted by Gasteiger charge is -2.52. The molecule has 2 aromatic carbocycles. The zero-order valence-corrected chi connectivity index (χ0v) is 17.4. The SMILES string of the molecule is CS(=O)(=O)c1cccc(C2(O)CCN(C(=O)c3ccccc3)[C@H]3CCCC[C@@H]32)c1. The van der Waals surface area contributed by atoms with Crippen LogP contribution in [0, 0.1) is 5.92 Å². The first-order valence-corrected chi connectivity index (χ1v) is 12.1. The number of benzene rings is 2. The topological polar surface area (TPSA) is 74.7 Å². The average molecular weight is 414 g/mol. The summed E-state index contributed by atoms with van der Waals surface area (Å²) in [7, 11) is -3.36. The van der Waals surface area contributed by atoms with Crippen molar-refractivity contribution in [3.05, 3.63) is 65.7 Å². The maximum absolute atomic E-state index is 13.2. The van der Waals surface area contributed by atoms with Crippen molar-refractivity contribution >= 4 is 15.7 Å². The van der Waals surface area contributed by atoms with Gasteiger partial charge in [0, 0.05) is 30.3 Å². The molecule has 154 valence electrons. The Bertz CT molecular complexity index is 1000. The molecule has 1 amide bonds. The van der Waals surface area contributed by atoms with Gasteiger partial charge in [-0.25, -0.2) is 8.42 Å². The van der Waals surface area contributed by atoms with E-state index in [1.807, 2.05) is 41.3 Å². The third-order valence-corrected chi connectivity index (χ3v) is 7.63. The maximum Gasteiger partial charge on any atom is 0.254 e. The minimum Gasteiger partial charge on any atom is -0.385 e. The number of sulfone groups is 1. The number of amides is 1.